The Bertz CT molecular complexity index is 1580. The van der Waals surface area contributed by atoms with Crippen molar-refractivity contribution in [2.24, 2.45) is 11.8 Å². The topological polar surface area (TPSA) is 85.8 Å². The van der Waals surface area contributed by atoms with Gasteiger partial charge >= 0.3 is 0 Å². The molecule has 202 valence electrons. The molecule has 10 rings (SSSR count). The Morgan fingerprint density at radius 3 is 2.42 bits per heavy atom. The van der Waals surface area contributed by atoms with Crippen LogP contribution in [0.4, 0.5) is 11.5 Å². The van der Waals surface area contributed by atoms with Crippen molar-refractivity contribution in [2.75, 3.05) is 43.1 Å². The third kappa shape index (κ3) is 3.89. The number of piperazine rings is 1. The van der Waals surface area contributed by atoms with Gasteiger partial charge in [0.1, 0.15) is 11.9 Å². The number of ether oxygens (including phenoxy) is 1. The predicted molar refractivity (Wildman–Crippen MR) is 152 cm³/mol. The monoisotopic (exact) mass is 532 g/mol. The van der Waals surface area contributed by atoms with Crippen molar-refractivity contribution in [3.63, 3.8) is 0 Å². The van der Waals surface area contributed by atoms with Gasteiger partial charge in [-0.2, -0.15) is 10.4 Å². The molecule has 6 aliphatic rings. The van der Waals surface area contributed by atoms with E-state index < -0.39 is 0 Å². The van der Waals surface area contributed by atoms with E-state index in [0.29, 0.717) is 23.5 Å². The fourth-order valence-corrected chi connectivity index (χ4v) is 7.36. The van der Waals surface area contributed by atoms with Crippen LogP contribution in [0.15, 0.2) is 55.1 Å². The van der Waals surface area contributed by atoms with Gasteiger partial charge in [-0.25, -0.2) is 14.5 Å². The highest BCUT2D eigenvalue weighted by atomic mass is 16.5. The Morgan fingerprint density at radius 1 is 0.925 bits per heavy atom. The average Bonchev–Trinajstić information content (AvgIpc) is 3.43. The smallest absolute Gasteiger partial charge is 0.212 e. The van der Waals surface area contributed by atoms with E-state index in [-0.39, 0.29) is 0 Å². The molecule has 6 fully saturated rings. The number of nitrogens with zero attached hydrogens (tertiary/aromatic N) is 8. The number of methoxy groups -OCH3 is 1. The van der Waals surface area contributed by atoms with Crippen molar-refractivity contribution < 1.29 is 4.74 Å². The van der Waals surface area contributed by atoms with Gasteiger partial charge in [0.2, 0.25) is 5.88 Å². The Hall–Kier alpha value is -4.16. The molecule has 9 heteroatoms. The minimum absolute atomic E-state index is 0.527. The van der Waals surface area contributed by atoms with Crippen LogP contribution in [0, 0.1) is 23.2 Å². The molecule has 4 aromatic rings. The molecule has 4 bridgehead atoms. The van der Waals surface area contributed by atoms with E-state index >= 15 is 0 Å². The molecule has 0 N–H and O–H groups in total. The van der Waals surface area contributed by atoms with Gasteiger partial charge in [0.05, 0.1) is 36.3 Å². The molecular weight excluding hydrogens is 500 g/mol. The van der Waals surface area contributed by atoms with Crippen molar-refractivity contribution in [1.29, 1.82) is 5.26 Å². The molecule has 4 aromatic heterocycles. The van der Waals surface area contributed by atoms with Crippen LogP contribution in [-0.4, -0.2) is 69.9 Å². The first-order chi connectivity index (χ1) is 19.6. The number of aromatic nitrogens is 4. The SMILES string of the molecule is COc1ccc(CN2C3CC2CN(c2ccc(-c4cc(N5CC6CC(C6)C5)cn5ncc(C#N)c45)cn2)C3)cn1. The van der Waals surface area contributed by atoms with Gasteiger partial charge in [-0.15, -0.1) is 0 Å². The van der Waals surface area contributed by atoms with Crippen LogP contribution in [0.2, 0.25) is 0 Å². The molecular formula is C31H32N8O. The van der Waals surface area contributed by atoms with Crippen LogP contribution in [0.5, 0.6) is 5.88 Å². The Balaban J connectivity index is 1.02. The summed E-state index contributed by atoms with van der Waals surface area (Å²) in [6.07, 6.45) is 11.6. The maximum atomic E-state index is 9.79. The van der Waals surface area contributed by atoms with Gasteiger partial charge in [-0.05, 0) is 54.9 Å². The summed E-state index contributed by atoms with van der Waals surface area (Å²) in [5.74, 6) is 3.29. The van der Waals surface area contributed by atoms with Crippen molar-refractivity contribution in [1.82, 2.24) is 24.5 Å². The van der Waals surface area contributed by atoms with Crippen LogP contribution in [0.25, 0.3) is 16.6 Å². The van der Waals surface area contributed by atoms with E-state index in [0.717, 1.165) is 67.0 Å². The second kappa shape index (κ2) is 9.20. The number of anilines is 2. The lowest BCUT2D eigenvalue weighted by Gasteiger charge is -2.56. The molecule has 0 spiro atoms. The minimum Gasteiger partial charge on any atom is -0.481 e. The Morgan fingerprint density at radius 2 is 1.75 bits per heavy atom. The first-order valence-corrected chi connectivity index (χ1v) is 14.3. The van der Waals surface area contributed by atoms with Crippen molar-refractivity contribution in [3.05, 3.63) is 66.2 Å². The minimum atomic E-state index is 0.527. The van der Waals surface area contributed by atoms with E-state index in [1.165, 1.54) is 30.5 Å². The summed E-state index contributed by atoms with van der Waals surface area (Å²) in [5, 5.41) is 14.3. The van der Waals surface area contributed by atoms with E-state index in [9.17, 15) is 5.26 Å². The summed E-state index contributed by atoms with van der Waals surface area (Å²) in [7, 11) is 1.65. The number of hydrogen-bond donors (Lipinski definition) is 0. The summed E-state index contributed by atoms with van der Waals surface area (Å²) in [5.41, 5.74) is 5.88. The molecule has 0 aromatic carbocycles. The highest BCUT2D eigenvalue weighted by Crippen LogP contribution is 2.42. The molecule has 1 saturated carbocycles. The third-order valence-electron chi connectivity index (χ3n) is 9.47. The zero-order chi connectivity index (χ0) is 26.8. The lowest BCUT2D eigenvalue weighted by molar-refractivity contribution is -0.00876. The summed E-state index contributed by atoms with van der Waals surface area (Å²) < 4.78 is 7.07. The number of pyridine rings is 3. The largest absolute Gasteiger partial charge is 0.481 e. The highest BCUT2D eigenvalue weighted by Gasteiger charge is 2.44. The zero-order valence-electron chi connectivity index (χ0n) is 22.6. The fraction of sp³-hybridized carbons (Fsp3) is 0.419. The second-order valence-corrected chi connectivity index (χ2v) is 11.9. The van der Waals surface area contributed by atoms with E-state index in [2.05, 4.69) is 61.3 Å². The zero-order valence-corrected chi connectivity index (χ0v) is 22.6. The molecule has 5 aliphatic heterocycles. The van der Waals surface area contributed by atoms with Crippen LogP contribution in [0.1, 0.15) is 30.4 Å². The van der Waals surface area contributed by atoms with E-state index in [4.69, 9.17) is 9.72 Å². The maximum Gasteiger partial charge on any atom is 0.212 e. The quantitative estimate of drug-likeness (QED) is 0.369. The number of piperidine rings is 3. The summed E-state index contributed by atoms with van der Waals surface area (Å²) in [6, 6.07) is 14.0. The third-order valence-corrected chi connectivity index (χ3v) is 9.47. The fourth-order valence-electron chi connectivity index (χ4n) is 7.36. The van der Waals surface area contributed by atoms with Crippen molar-refractivity contribution >= 4 is 17.0 Å². The second-order valence-electron chi connectivity index (χ2n) is 11.9. The number of rotatable bonds is 6. The molecule has 2 unspecified atom stereocenters. The van der Waals surface area contributed by atoms with Gasteiger partial charge in [0, 0.05) is 74.4 Å². The van der Waals surface area contributed by atoms with Crippen LogP contribution >= 0.6 is 0 Å². The number of hydrogen-bond acceptors (Lipinski definition) is 8. The lowest BCUT2D eigenvalue weighted by atomic mass is 9.71. The van der Waals surface area contributed by atoms with E-state index in [1.807, 2.05) is 23.0 Å². The van der Waals surface area contributed by atoms with Gasteiger partial charge in [-0.1, -0.05) is 6.07 Å². The maximum absolute atomic E-state index is 9.79. The molecule has 0 amide bonds. The van der Waals surface area contributed by atoms with Crippen LogP contribution in [0.3, 0.4) is 0 Å². The summed E-state index contributed by atoms with van der Waals surface area (Å²) in [6.45, 7) is 5.09. The van der Waals surface area contributed by atoms with Crippen molar-refractivity contribution in [3.8, 4) is 23.1 Å². The molecule has 40 heavy (non-hydrogen) atoms. The Labute approximate surface area is 233 Å². The molecule has 2 atom stereocenters. The predicted octanol–water partition coefficient (Wildman–Crippen LogP) is 3.98. The number of fused-ring (bicyclic) bond motifs is 5. The number of nitriles is 1. The molecule has 9 heterocycles. The highest BCUT2D eigenvalue weighted by molar-refractivity contribution is 5.86. The first-order valence-electron chi connectivity index (χ1n) is 14.3. The van der Waals surface area contributed by atoms with Gasteiger partial charge in [0.15, 0.2) is 0 Å². The summed E-state index contributed by atoms with van der Waals surface area (Å²) in [4.78, 5) is 16.8. The first kappa shape index (κ1) is 23.7. The summed E-state index contributed by atoms with van der Waals surface area (Å²) >= 11 is 0. The lowest BCUT2D eigenvalue weighted by Crippen LogP contribution is -2.68. The molecule has 9 nitrogen and oxygen atoms in total. The van der Waals surface area contributed by atoms with Gasteiger partial charge in [0.25, 0.3) is 0 Å². The van der Waals surface area contributed by atoms with Gasteiger partial charge in [-0.3, -0.25) is 4.90 Å². The van der Waals surface area contributed by atoms with Crippen LogP contribution in [-0.2, 0) is 6.54 Å². The average molecular weight is 533 g/mol. The van der Waals surface area contributed by atoms with Crippen LogP contribution < -0.4 is 14.5 Å². The molecule has 5 saturated heterocycles. The Kier molecular flexibility index (Phi) is 5.45. The normalized spacial score (nSPS) is 25.3. The van der Waals surface area contributed by atoms with Crippen molar-refractivity contribution in [2.45, 2.75) is 37.9 Å². The van der Waals surface area contributed by atoms with Gasteiger partial charge < -0.3 is 14.5 Å². The van der Waals surface area contributed by atoms with E-state index in [1.54, 1.807) is 13.3 Å². The molecule has 1 aliphatic carbocycles. The molecule has 0 radical (unpaired) electrons. The standard InChI is InChI=1S/C31H32N8O/c1-40-30-5-2-20(11-34-30)16-38-26-8-27(38)18-37(17-26)29-4-3-23(12-33-29)28-9-25(36-14-21-6-22(7-21)15-36)19-39-31(28)24(10-32)13-35-39/h2-5,9,11-13,19,21-22,26-27H,6-8,14-18H2,1H3.